The molecule has 0 fully saturated rings. The molecule has 0 bridgehead atoms. The van der Waals surface area contributed by atoms with Gasteiger partial charge in [-0.25, -0.2) is 9.59 Å². The molecule has 0 rings (SSSR count). The molecule has 0 radical (unpaired) electrons. The normalized spacial score (nSPS) is 12.0. The Hall–Kier alpha value is -1.30. The second kappa shape index (κ2) is 8.87. The van der Waals surface area contributed by atoms with Crippen molar-refractivity contribution < 1.29 is 14.7 Å². The number of hydrogen-bond donors (Lipinski definition) is 3. The number of carbonyl (C=O) groups excluding carboxylic acids is 1. The van der Waals surface area contributed by atoms with Crippen LogP contribution < -0.4 is 10.6 Å². The van der Waals surface area contributed by atoms with Gasteiger partial charge in [0.25, 0.3) is 0 Å². The van der Waals surface area contributed by atoms with Crippen LogP contribution in [0.5, 0.6) is 0 Å². The summed E-state index contributed by atoms with van der Waals surface area (Å²) in [5.74, 6) is -0.992. The Morgan fingerprint density at radius 3 is 1.90 bits per heavy atom. The van der Waals surface area contributed by atoms with Crippen LogP contribution in [0.15, 0.2) is 0 Å². The lowest BCUT2D eigenvalue weighted by Gasteiger charge is -2.31. The van der Waals surface area contributed by atoms with E-state index >= 15 is 0 Å². The summed E-state index contributed by atoms with van der Waals surface area (Å²) in [6.45, 7) is 13.2. The molecule has 124 valence electrons. The van der Waals surface area contributed by atoms with E-state index in [0.29, 0.717) is 31.5 Å². The van der Waals surface area contributed by atoms with Crippen molar-refractivity contribution in [2.24, 2.45) is 0 Å². The number of urea groups is 1. The highest BCUT2D eigenvalue weighted by Gasteiger charge is 2.36. The first-order chi connectivity index (χ1) is 9.70. The first kappa shape index (κ1) is 19.7. The van der Waals surface area contributed by atoms with Gasteiger partial charge in [0.05, 0.1) is 0 Å². The lowest BCUT2D eigenvalue weighted by Crippen LogP contribution is -2.57. The summed E-state index contributed by atoms with van der Waals surface area (Å²) in [6, 6.07) is 0.382. The molecular formula is C15H31N3O3. The smallest absolute Gasteiger partial charge is 0.329 e. The Morgan fingerprint density at radius 2 is 1.57 bits per heavy atom. The summed E-state index contributed by atoms with van der Waals surface area (Å²) >= 11 is 0. The zero-order valence-electron chi connectivity index (χ0n) is 14.2. The third-order valence-electron chi connectivity index (χ3n) is 3.95. The average Bonchev–Trinajstić information content (AvgIpc) is 2.39. The second-order valence-corrected chi connectivity index (χ2v) is 5.90. The predicted molar refractivity (Wildman–Crippen MR) is 84.5 cm³/mol. The van der Waals surface area contributed by atoms with Crippen LogP contribution in [-0.2, 0) is 4.79 Å². The van der Waals surface area contributed by atoms with Gasteiger partial charge in [0.2, 0.25) is 0 Å². The molecule has 0 aliphatic carbocycles. The molecular weight excluding hydrogens is 270 g/mol. The molecule has 0 aliphatic rings. The molecule has 6 heteroatoms. The summed E-state index contributed by atoms with van der Waals surface area (Å²) < 4.78 is 0. The fraction of sp³-hybridized carbons (Fsp3) is 0.867. The van der Waals surface area contributed by atoms with E-state index in [0.717, 1.165) is 6.54 Å². The van der Waals surface area contributed by atoms with Crippen molar-refractivity contribution in [1.82, 2.24) is 15.5 Å². The summed E-state index contributed by atoms with van der Waals surface area (Å²) in [6.07, 6.45) is 0.715. The molecule has 2 amide bonds. The van der Waals surface area contributed by atoms with Gasteiger partial charge in [0.15, 0.2) is 0 Å². The minimum Gasteiger partial charge on any atom is -0.480 e. The first-order valence-corrected chi connectivity index (χ1v) is 7.75. The third-order valence-corrected chi connectivity index (χ3v) is 3.95. The molecule has 21 heavy (non-hydrogen) atoms. The summed E-state index contributed by atoms with van der Waals surface area (Å²) in [5, 5.41) is 14.6. The molecule has 3 N–H and O–H groups in total. The van der Waals surface area contributed by atoms with Gasteiger partial charge < -0.3 is 15.7 Å². The summed E-state index contributed by atoms with van der Waals surface area (Å²) in [7, 11) is 0. The topological polar surface area (TPSA) is 81.7 Å². The Kier molecular flexibility index (Phi) is 8.32. The first-order valence-electron chi connectivity index (χ1n) is 7.75. The van der Waals surface area contributed by atoms with Crippen LogP contribution in [-0.4, -0.2) is 52.7 Å². The number of amides is 2. The number of hydrogen-bond acceptors (Lipinski definition) is 3. The van der Waals surface area contributed by atoms with Crippen molar-refractivity contribution >= 4 is 12.0 Å². The van der Waals surface area contributed by atoms with E-state index in [4.69, 9.17) is 0 Å². The largest absolute Gasteiger partial charge is 0.480 e. The van der Waals surface area contributed by atoms with Gasteiger partial charge in [0.1, 0.15) is 5.54 Å². The molecule has 0 spiro atoms. The van der Waals surface area contributed by atoms with E-state index in [-0.39, 0.29) is 0 Å². The van der Waals surface area contributed by atoms with Gasteiger partial charge in [-0.05, 0) is 40.5 Å². The summed E-state index contributed by atoms with van der Waals surface area (Å²) in [5.41, 5.74) is -1.18. The Labute approximate surface area is 128 Å². The molecule has 0 aromatic carbocycles. The standard InChI is InChI=1S/C15H31N3O3/c1-7-15(8-2,13(19)20)17-14(21)16-9-10-18(11(3)4)12(5)6/h11-12H,7-10H2,1-6H3,(H,19,20)(H2,16,17,21). The minimum atomic E-state index is -1.18. The number of carbonyl (C=O) groups is 2. The van der Waals surface area contributed by atoms with Gasteiger partial charge in [-0.3, -0.25) is 4.90 Å². The Morgan fingerprint density at radius 1 is 1.10 bits per heavy atom. The van der Waals surface area contributed by atoms with Gasteiger partial charge in [0, 0.05) is 25.2 Å². The molecule has 0 aliphatic heterocycles. The van der Waals surface area contributed by atoms with Crippen LogP contribution in [0.25, 0.3) is 0 Å². The molecule has 0 saturated carbocycles. The van der Waals surface area contributed by atoms with E-state index in [9.17, 15) is 14.7 Å². The van der Waals surface area contributed by atoms with Crippen LogP contribution in [0.1, 0.15) is 54.4 Å². The number of nitrogens with one attached hydrogen (secondary N) is 2. The van der Waals surface area contributed by atoms with Crippen molar-refractivity contribution in [3.63, 3.8) is 0 Å². The van der Waals surface area contributed by atoms with Crippen LogP contribution >= 0.6 is 0 Å². The van der Waals surface area contributed by atoms with Crippen LogP contribution in [0.2, 0.25) is 0 Å². The Balaban J connectivity index is 4.41. The maximum Gasteiger partial charge on any atom is 0.329 e. The number of rotatable bonds is 9. The fourth-order valence-electron chi connectivity index (χ4n) is 2.46. The van der Waals surface area contributed by atoms with Gasteiger partial charge in [-0.15, -0.1) is 0 Å². The van der Waals surface area contributed by atoms with Crippen LogP contribution in [0, 0.1) is 0 Å². The van der Waals surface area contributed by atoms with E-state index in [1.807, 2.05) is 0 Å². The monoisotopic (exact) mass is 301 g/mol. The van der Waals surface area contributed by atoms with Gasteiger partial charge in [-0.2, -0.15) is 0 Å². The maximum atomic E-state index is 11.9. The van der Waals surface area contributed by atoms with E-state index < -0.39 is 17.5 Å². The zero-order valence-corrected chi connectivity index (χ0v) is 14.2. The highest BCUT2D eigenvalue weighted by molar-refractivity contribution is 5.86. The molecule has 0 heterocycles. The second-order valence-electron chi connectivity index (χ2n) is 5.90. The predicted octanol–water partition coefficient (Wildman–Crippen LogP) is 2.05. The van der Waals surface area contributed by atoms with Gasteiger partial charge in [-0.1, -0.05) is 13.8 Å². The molecule has 0 aromatic heterocycles. The lowest BCUT2D eigenvalue weighted by molar-refractivity contribution is -0.144. The molecule has 0 aromatic rings. The number of carboxylic acids is 1. The maximum absolute atomic E-state index is 11.9. The quantitative estimate of drug-likeness (QED) is 0.609. The highest BCUT2D eigenvalue weighted by Crippen LogP contribution is 2.15. The minimum absolute atomic E-state index is 0.358. The molecule has 6 nitrogen and oxygen atoms in total. The number of carboxylic acid groups (broad SMARTS) is 1. The van der Waals surface area contributed by atoms with Crippen molar-refractivity contribution in [1.29, 1.82) is 0 Å². The van der Waals surface area contributed by atoms with Crippen LogP contribution in [0.4, 0.5) is 4.79 Å². The molecule has 0 atom stereocenters. The third kappa shape index (κ3) is 5.91. The summed E-state index contributed by atoms with van der Waals surface area (Å²) in [4.78, 5) is 25.5. The SMILES string of the molecule is CCC(CC)(NC(=O)NCCN(C(C)C)C(C)C)C(=O)O. The van der Waals surface area contributed by atoms with E-state index in [2.05, 4.69) is 43.2 Å². The van der Waals surface area contributed by atoms with Gasteiger partial charge >= 0.3 is 12.0 Å². The number of nitrogens with zero attached hydrogens (tertiary/aromatic N) is 1. The van der Waals surface area contributed by atoms with Crippen molar-refractivity contribution in [3.8, 4) is 0 Å². The average molecular weight is 301 g/mol. The molecule has 0 saturated heterocycles. The zero-order chi connectivity index (χ0) is 16.6. The number of aliphatic carboxylic acids is 1. The van der Waals surface area contributed by atoms with Crippen LogP contribution in [0.3, 0.4) is 0 Å². The van der Waals surface area contributed by atoms with Crippen molar-refractivity contribution in [2.45, 2.75) is 72.0 Å². The highest BCUT2D eigenvalue weighted by atomic mass is 16.4. The molecule has 0 unspecified atom stereocenters. The van der Waals surface area contributed by atoms with E-state index in [1.54, 1.807) is 13.8 Å². The van der Waals surface area contributed by atoms with Crippen molar-refractivity contribution in [2.75, 3.05) is 13.1 Å². The van der Waals surface area contributed by atoms with E-state index in [1.165, 1.54) is 0 Å². The van der Waals surface area contributed by atoms with Crippen molar-refractivity contribution in [3.05, 3.63) is 0 Å². The fourth-order valence-corrected chi connectivity index (χ4v) is 2.46. The Bertz CT molecular complexity index is 331. The lowest BCUT2D eigenvalue weighted by atomic mass is 9.93.